The molecule has 1 amide bonds. The number of aromatic nitrogens is 3. The van der Waals surface area contributed by atoms with Crippen molar-refractivity contribution in [1.82, 2.24) is 19.9 Å². The summed E-state index contributed by atoms with van der Waals surface area (Å²) in [5.41, 5.74) is 0.759. The maximum atomic E-state index is 12.9. The van der Waals surface area contributed by atoms with Crippen LogP contribution in [-0.2, 0) is 0 Å². The minimum Gasteiger partial charge on any atom is -0.332 e. The Hall–Kier alpha value is -1.69. The van der Waals surface area contributed by atoms with Gasteiger partial charge in [-0.1, -0.05) is 12.1 Å². The SMILES string of the molecule is O=C(c1ccccc1Br)N1C2CCC1CC(n1nccn1)C2. The monoisotopic (exact) mass is 360 g/mol. The molecule has 0 aliphatic carbocycles. The first-order valence-electron chi connectivity index (χ1n) is 7.67. The molecule has 2 aliphatic heterocycles. The van der Waals surface area contributed by atoms with Crippen LogP contribution in [0.2, 0.25) is 0 Å². The third-order valence-electron chi connectivity index (χ3n) is 4.81. The molecule has 0 spiro atoms. The van der Waals surface area contributed by atoms with E-state index in [0.717, 1.165) is 35.7 Å². The van der Waals surface area contributed by atoms with E-state index in [9.17, 15) is 4.79 Å². The Kier molecular flexibility index (Phi) is 3.48. The normalized spacial score (nSPS) is 27.1. The summed E-state index contributed by atoms with van der Waals surface area (Å²) in [7, 11) is 0. The highest BCUT2D eigenvalue weighted by atomic mass is 79.9. The van der Waals surface area contributed by atoms with Crippen molar-refractivity contribution >= 4 is 21.8 Å². The first kappa shape index (κ1) is 13.9. The number of piperidine rings is 1. The van der Waals surface area contributed by atoms with Gasteiger partial charge in [0.2, 0.25) is 0 Å². The van der Waals surface area contributed by atoms with Crippen molar-refractivity contribution in [2.75, 3.05) is 0 Å². The topological polar surface area (TPSA) is 51.0 Å². The van der Waals surface area contributed by atoms with Crippen molar-refractivity contribution in [3.05, 3.63) is 46.7 Å². The van der Waals surface area contributed by atoms with E-state index in [1.165, 1.54) is 0 Å². The Morgan fingerprint density at radius 1 is 1.05 bits per heavy atom. The molecular formula is C16H17BrN4O. The Morgan fingerprint density at radius 2 is 1.68 bits per heavy atom. The van der Waals surface area contributed by atoms with E-state index in [1.807, 2.05) is 29.1 Å². The molecule has 2 fully saturated rings. The fourth-order valence-electron chi connectivity index (χ4n) is 3.86. The summed E-state index contributed by atoms with van der Waals surface area (Å²) in [4.78, 5) is 16.8. The second-order valence-electron chi connectivity index (χ2n) is 6.05. The van der Waals surface area contributed by atoms with Gasteiger partial charge in [-0.05, 0) is 53.7 Å². The van der Waals surface area contributed by atoms with E-state index < -0.39 is 0 Å². The van der Waals surface area contributed by atoms with Crippen molar-refractivity contribution in [1.29, 1.82) is 0 Å². The van der Waals surface area contributed by atoms with E-state index in [1.54, 1.807) is 12.4 Å². The molecule has 0 N–H and O–H groups in total. The molecule has 1 aromatic carbocycles. The number of hydrogen-bond acceptors (Lipinski definition) is 3. The minimum absolute atomic E-state index is 0.145. The van der Waals surface area contributed by atoms with E-state index in [0.29, 0.717) is 18.1 Å². The van der Waals surface area contributed by atoms with Gasteiger partial charge in [0, 0.05) is 16.6 Å². The molecule has 2 atom stereocenters. The first-order valence-corrected chi connectivity index (χ1v) is 8.46. The lowest BCUT2D eigenvalue weighted by molar-refractivity contribution is 0.0511. The van der Waals surface area contributed by atoms with Crippen molar-refractivity contribution in [3.63, 3.8) is 0 Å². The van der Waals surface area contributed by atoms with Gasteiger partial charge in [0.1, 0.15) is 0 Å². The van der Waals surface area contributed by atoms with Gasteiger partial charge < -0.3 is 4.90 Å². The predicted molar refractivity (Wildman–Crippen MR) is 85.4 cm³/mol. The maximum Gasteiger partial charge on any atom is 0.255 e. The fraction of sp³-hybridized carbons (Fsp3) is 0.438. The summed E-state index contributed by atoms with van der Waals surface area (Å²) in [5.74, 6) is 0.145. The van der Waals surface area contributed by atoms with E-state index in [4.69, 9.17) is 0 Å². The van der Waals surface area contributed by atoms with Gasteiger partial charge in [0.15, 0.2) is 0 Å². The maximum absolute atomic E-state index is 12.9. The van der Waals surface area contributed by atoms with Crippen LogP contribution in [0, 0.1) is 0 Å². The number of hydrogen-bond donors (Lipinski definition) is 0. The molecule has 2 aromatic rings. The highest BCUT2D eigenvalue weighted by Gasteiger charge is 2.44. The second kappa shape index (κ2) is 5.50. The van der Waals surface area contributed by atoms with Crippen molar-refractivity contribution in [3.8, 4) is 0 Å². The third-order valence-corrected chi connectivity index (χ3v) is 5.50. The van der Waals surface area contributed by atoms with Crippen LogP contribution in [0.5, 0.6) is 0 Å². The van der Waals surface area contributed by atoms with E-state index >= 15 is 0 Å². The van der Waals surface area contributed by atoms with Gasteiger partial charge in [-0.3, -0.25) is 4.79 Å². The molecule has 1 aromatic heterocycles. The molecule has 114 valence electrons. The largest absolute Gasteiger partial charge is 0.332 e. The molecule has 3 heterocycles. The predicted octanol–water partition coefficient (Wildman–Crippen LogP) is 3.05. The highest BCUT2D eigenvalue weighted by Crippen LogP contribution is 2.41. The van der Waals surface area contributed by atoms with Crippen LogP contribution < -0.4 is 0 Å². The molecule has 22 heavy (non-hydrogen) atoms. The number of benzene rings is 1. The highest BCUT2D eigenvalue weighted by molar-refractivity contribution is 9.10. The average molecular weight is 361 g/mol. The van der Waals surface area contributed by atoms with Crippen LogP contribution >= 0.6 is 15.9 Å². The molecular weight excluding hydrogens is 344 g/mol. The summed E-state index contributed by atoms with van der Waals surface area (Å²) in [6.07, 6.45) is 7.50. The van der Waals surface area contributed by atoms with Gasteiger partial charge in [-0.25, -0.2) is 0 Å². The van der Waals surface area contributed by atoms with Crippen LogP contribution in [-0.4, -0.2) is 37.9 Å². The Bertz CT molecular complexity index is 673. The van der Waals surface area contributed by atoms with Crippen molar-refractivity contribution in [2.24, 2.45) is 0 Å². The molecule has 2 bridgehead atoms. The molecule has 6 heteroatoms. The van der Waals surface area contributed by atoms with Crippen LogP contribution in [0.15, 0.2) is 41.1 Å². The number of carbonyl (C=O) groups is 1. The standard InChI is InChI=1S/C16H17BrN4O/c17-15-4-2-1-3-14(15)16(22)20-11-5-6-12(20)10-13(9-11)21-18-7-8-19-21/h1-4,7-8,11-13H,5-6,9-10H2. The van der Waals surface area contributed by atoms with Gasteiger partial charge >= 0.3 is 0 Å². The minimum atomic E-state index is 0.145. The number of rotatable bonds is 2. The lowest BCUT2D eigenvalue weighted by Crippen LogP contribution is -2.47. The van der Waals surface area contributed by atoms with Crippen molar-refractivity contribution in [2.45, 2.75) is 43.8 Å². The number of fused-ring (bicyclic) bond motifs is 2. The third kappa shape index (κ3) is 2.26. The zero-order chi connectivity index (χ0) is 15.1. The summed E-state index contributed by atoms with van der Waals surface area (Å²) in [6, 6.07) is 8.59. The first-order chi connectivity index (χ1) is 10.7. The molecule has 2 saturated heterocycles. The Labute approximate surface area is 137 Å². The summed E-state index contributed by atoms with van der Waals surface area (Å²) in [5, 5.41) is 8.55. The number of halogens is 1. The Balaban J connectivity index is 1.58. The fourth-order valence-corrected chi connectivity index (χ4v) is 4.31. The second-order valence-corrected chi connectivity index (χ2v) is 6.91. The smallest absolute Gasteiger partial charge is 0.255 e. The molecule has 0 saturated carbocycles. The molecule has 4 rings (SSSR count). The zero-order valence-corrected chi connectivity index (χ0v) is 13.7. The number of carbonyl (C=O) groups excluding carboxylic acids is 1. The van der Waals surface area contributed by atoms with E-state index in [-0.39, 0.29) is 5.91 Å². The van der Waals surface area contributed by atoms with Gasteiger partial charge in [0.05, 0.1) is 24.0 Å². The van der Waals surface area contributed by atoms with Crippen LogP contribution in [0.25, 0.3) is 0 Å². The van der Waals surface area contributed by atoms with Crippen LogP contribution in [0.3, 0.4) is 0 Å². The lowest BCUT2D eigenvalue weighted by Gasteiger charge is -2.38. The summed E-state index contributed by atoms with van der Waals surface area (Å²) >= 11 is 3.50. The molecule has 2 unspecified atom stereocenters. The van der Waals surface area contributed by atoms with Crippen LogP contribution in [0.4, 0.5) is 0 Å². The summed E-state index contributed by atoms with van der Waals surface area (Å²) < 4.78 is 0.871. The molecule has 2 aliphatic rings. The van der Waals surface area contributed by atoms with Gasteiger partial charge in [-0.15, -0.1) is 0 Å². The van der Waals surface area contributed by atoms with Gasteiger partial charge in [0.25, 0.3) is 5.91 Å². The van der Waals surface area contributed by atoms with Crippen molar-refractivity contribution < 1.29 is 4.79 Å². The summed E-state index contributed by atoms with van der Waals surface area (Å²) in [6.45, 7) is 0. The molecule has 5 nitrogen and oxygen atoms in total. The number of nitrogens with zero attached hydrogens (tertiary/aromatic N) is 4. The van der Waals surface area contributed by atoms with E-state index in [2.05, 4.69) is 31.0 Å². The zero-order valence-electron chi connectivity index (χ0n) is 12.1. The van der Waals surface area contributed by atoms with Gasteiger partial charge in [-0.2, -0.15) is 15.0 Å². The quantitative estimate of drug-likeness (QED) is 0.826. The number of amides is 1. The average Bonchev–Trinajstić information content (AvgIpc) is 3.14. The lowest BCUT2D eigenvalue weighted by atomic mass is 9.96. The Morgan fingerprint density at radius 3 is 2.32 bits per heavy atom. The van der Waals surface area contributed by atoms with Crippen LogP contribution in [0.1, 0.15) is 42.1 Å². The molecule has 0 radical (unpaired) electrons.